The van der Waals surface area contributed by atoms with Crippen LogP contribution in [0.25, 0.3) is 0 Å². The van der Waals surface area contributed by atoms with Crippen molar-refractivity contribution in [2.24, 2.45) is 0 Å². The molecule has 0 unspecified atom stereocenters. The van der Waals surface area contributed by atoms with E-state index in [1.54, 1.807) is 0 Å². The second-order valence-electron chi connectivity index (χ2n) is 6.89. The minimum atomic E-state index is -4.00. The van der Waals surface area contributed by atoms with Crippen molar-refractivity contribution in [3.8, 4) is 5.75 Å². The Bertz CT molecular complexity index is 1020. The molecule has 8 nitrogen and oxygen atoms in total. The number of carbonyl (C=O) groups is 1. The Balaban J connectivity index is 1.58. The number of halogens is 2. The molecular formula is C20H22Cl2N2O6S. The van der Waals surface area contributed by atoms with E-state index in [2.05, 4.69) is 9.62 Å². The van der Waals surface area contributed by atoms with Crippen LogP contribution in [0.1, 0.15) is 16.8 Å². The molecule has 168 valence electrons. The van der Waals surface area contributed by atoms with Gasteiger partial charge in [-0.1, -0.05) is 23.2 Å². The minimum absolute atomic E-state index is 0.0554. The average Bonchev–Trinajstić information content (AvgIpc) is 2.71. The molecule has 1 heterocycles. The molecule has 1 saturated heterocycles. The van der Waals surface area contributed by atoms with E-state index in [0.717, 1.165) is 25.7 Å². The Morgan fingerprint density at radius 3 is 2.45 bits per heavy atom. The maximum absolute atomic E-state index is 12.5. The summed E-state index contributed by atoms with van der Waals surface area (Å²) in [5.74, 6) is -1.09. The van der Waals surface area contributed by atoms with Crippen LogP contribution in [0.3, 0.4) is 0 Å². The van der Waals surface area contributed by atoms with E-state index in [-0.39, 0.29) is 32.8 Å². The fourth-order valence-corrected chi connectivity index (χ4v) is 4.80. The molecule has 31 heavy (non-hydrogen) atoms. The van der Waals surface area contributed by atoms with Crippen LogP contribution in [0.5, 0.6) is 5.75 Å². The highest BCUT2D eigenvalue weighted by Gasteiger charge is 2.19. The lowest BCUT2D eigenvalue weighted by Crippen LogP contribution is -2.37. The number of esters is 1. The molecule has 2 N–H and O–H groups in total. The zero-order valence-electron chi connectivity index (χ0n) is 16.5. The first-order valence-corrected chi connectivity index (χ1v) is 11.8. The number of nitrogens with zero attached hydrogens (tertiary/aromatic N) is 1. The minimum Gasteiger partial charge on any atom is -0.507 e. The smallest absolute Gasteiger partial charge is 0.341 e. The summed E-state index contributed by atoms with van der Waals surface area (Å²) in [6.45, 7) is 4.11. The van der Waals surface area contributed by atoms with Gasteiger partial charge in [-0.3, -0.25) is 9.62 Å². The number of anilines is 1. The van der Waals surface area contributed by atoms with E-state index >= 15 is 0 Å². The van der Waals surface area contributed by atoms with Crippen molar-refractivity contribution < 1.29 is 27.8 Å². The number of nitrogens with one attached hydrogen (secondary N) is 1. The summed E-state index contributed by atoms with van der Waals surface area (Å²) in [6.07, 6.45) is 0.659. The van der Waals surface area contributed by atoms with Crippen molar-refractivity contribution >= 4 is 44.9 Å². The third kappa shape index (κ3) is 6.72. The number of hydrogen-bond acceptors (Lipinski definition) is 7. The van der Waals surface area contributed by atoms with E-state index in [0.29, 0.717) is 19.6 Å². The first-order chi connectivity index (χ1) is 14.7. The van der Waals surface area contributed by atoms with Gasteiger partial charge in [-0.2, -0.15) is 0 Å². The SMILES string of the molecule is O=C(OCCCN1CCOCC1)c1ccc(NS(=O)(=O)c2cc(Cl)cc(Cl)c2)cc1O. The summed E-state index contributed by atoms with van der Waals surface area (Å²) in [4.78, 5) is 14.3. The van der Waals surface area contributed by atoms with Crippen LogP contribution in [0.2, 0.25) is 10.0 Å². The van der Waals surface area contributed by atoms with Crippen molar-refractivity contribution in [1.82, 2.24) is 4.90 Å². The quantitative estimate of drug-likeness (QED) is 0.433. The number of phenolic OH excluding ortho intramolecular Hbond substituents is 1. The number of rotatable bonds is 8. The molecule has 0 aliphatic carbocycles. The highest BCUT2D eigenvalue weighted by Crippen LogP contribution is 2.27. The van der Waals surface area contributed by atoms with E-state index in [1.165, 1.54) is 30.3 Å². The van der Waals surface area contributed by atoms with Crippen LogP contribution in [-0.2, 0) is 19.5 Å². The van der Waals surface area contributed by atoms with E-state index in [1.807, 2.05) is 0 Å². The Hall–Kier alpha value is -2.04. The Morgan fingerprint density at radius 2 is 1.81 bits per heavy atom. The van der Waals surface area contributed by atoms with Gasteiger partial charge in [-0.05, 0) is 36.8 Å². The number of hydrogen-bond donors (Lipinski definition) is 2. The fourth-order valence-electron chi connectivity index (χ4n) is 3.02. The second-order valence-corrected chi connectivity index (χ2v) is 9.44. The van der Waals surface area contributed by atoms with Crippen molar-refractivity contribution in [3.05, 3.63) is 52.0 Å². The summed E-state index contributed by atoms with van der Waals surface area (Å²) in [7, 11) is -4.00. The monoisotopic (exact) mass is 488 g/mol. The molecule has 0 spiro atoms. The number of aromatic hydroxyl groups is 1. The number of phenols is 1. The van der Waals surface area contributed by atoms with Gasteiger partial charge in [-0.25, -0.2) is 13.2 Å². The third-order valence-corrected chi connectivity index (χ3v) is 6.37. The normalized spacial score (nSPS) is 14.9. The fraction of sp³-hybridized carbons (Fsp3) is 0.350. The molecule has 11 heteroatoms. The van der Waals surface area contributed by atoms with Gasteiger partial charge in [0.2, 0.25) is 0 Å². The van der Waals surface area contributed by atoms with Gasteiger partial charge < -0.3 is 14.6 Å². The number of benzene rings is 2. The summed E-state index contributed by atoms with van der Waals surface area (Å²) < 4.78 is 37.9. The second kappa shape index (κ2) is 10.5. The summed E-state index contributed by atoms with van der Waals surface area (Å²) >= 11 is 11.7. The predicted octanol–water partition coefficient (Wildman–Crippen LogP) is 3.38. The van der Waals surface area contributed by atoms with Crippen molar-refractivity contribution in [3.63, 3.8) is 0 Å². The molecule has 0 aromatic heterocycles. The molecule has 1 fully saturated rings. The number of sulfonamides is 1. The van der Waals surface area contributed by atoms with Crippen molar-refractivity contribution in [1.29, 1.82) is 0 Å². The molecule has 2 aromatic carbocycles. The van der Waals surface area contributed by atoms with Gasteiger partial charge in [-0.15, -0.1) is 0 Å². The van der Waals surface area contributed by atoms with Gasteiger partial charge >= 0.3 is 5.97 Å². The molecule has 0 amide bonds. The number of ether oxygens (including phenoxy) is 2. The average molecular weight is 489 g/mol. The van der Waals surface area contributed by atoms with Crippen LogP contribution in [0, 0.1) is 0 Å². The zero-order chi connectivity index (χ0) is 22.4. The predicted molar refractivity (Wildman–Crippen MR) is 118 cm³/mol. The Morgan fingerprint density at radius 1 is 1.13 bits per heavy atom. The van der Waals surface area contributed by atoms with Gasteiger partial charge in [0.25, 0.3) is 10.0 Å². The van der Waals surface area contributed by atoms with Crippen molar-refractivity contribution in [2.45, 2.75) is 11.3 Å². The largest absolute Gasteiger partial charge is 0.507 e. The van der Waals surface area contributed by atoms with E-state index < -0.39 is 21.7 Å². The van der Waals surface area contributed by atoms with Crippen LogP contribution in [0.15, 0.2) is 41.3 Å². The molecule has 0 saturated carbocycles. The molecule has 0 bridgehead atoms. The number of carbonyl (C=O) groups excluding carboxylic acids is 1. The standard InChI is InChI=1S/C20H22Cl2N2O6S/c21-14-10-15(22)12-17(11-14)31(27,28)23-16-2-3-18(19(25)13-16)20(26)30-7-1-4-24-5-8-29-9-6-24/h2-3,10-13,23,25H,1,4-9H2. The van der Waals surface area contributed by atoms with Crippen LogP contribution in [0.4, 0.5) is 5.69 Å². The number of morpholine rings is 1. The highest BCUT2D eigenvalue weighted by molar-refractivity contribution is 7.92. The topological polar surface area (TPSA) is 105 Å². The first kappa shape index (κ1) is 23.6. The van der Waals surface area contributed by atoms with Gasteiger partial charge in [0.1, 0.15) is 11.3 Å². The van der Waals surface area contributed by atoms with E-state index in [4.69, 9.17) is 32.7 Å². The molecule has 0 radical (unpaired) electrons. The summed E-state index contributed by atoms with van der Waals surface area (Å²) in [6, 6.07) is 7.69. The van der Waals surface area contributed by atoms with Crippen LogP contribution < -0.4 is 4.72 Å². The molecule has 1 aliphatic rings. The third-order valence-electron chi connectivity index (χ3n) is 4.57. The lowest BCUT2D eigenvalue weighted by Gasteiger charge is -2.26. The van der Waals surface area contributed by atoms with Crippen LogP contribution in [-0.4, -0.2) is 63.8 Å². The maximum Gasteiger partial charge on any atom is 0.341 e. The molecule has 3 rings (SSSR count). The molecule has 1 aliphatic heterocycles. The first-order valence-electron chi connectivity index (χ1n) is 9.54. The lowest BCUT2D eigenvalue weighted by molar-refractivity contribution is 0.0297. The Labute approximate surface area is 190 Å². The molecule has 2 aromatic rings. The summed E-state index contributed by atoms with van der Waals surface area (Å²) in [5.41, 5.74) is 0.0117. The highest BCUT2D eigenvalue weighted by atomic mass is 35.5. The van der Waals surface area contributed by atoms with Gasteiger partial charge in [0.05, 0.1) is 30.4 Å². The molecular weight excluding hydrogens is 467 g/mol. The Kier molecular flexibility index (Phi) is 8.01. The summed E-state index contributed by atoms with van der Waals surface area (Å²) in [5, 5.41) is 10.5. The lowest BCUT2D eigenvalue weighted by atomic mass is 10.2. The van der Waals surface area contributed by atoms with Gasteiger partial charge in [0.15, 0.2) is 0 Å². The van der Waals surface area contributed by atoms with Crippen LogP contribution >= 0.6 is 23.2 Å². The molecule has 0 atom stereocenters. The maximum atomic E-state index is 12.5. The van der Waals surface area contributed by atoms with Gasteiger partial charge in [0, 0.05) is 35.7 Å². The zero-order valence-corrected chi connectivity index (χ0v) is 18.8. The van der Waals surface area contributed by atoms with E-state index in [9.17, 15) is 18.3 Å². The van der Waals surface area contributed by atoms with Crippen molar-refractivity contribution in [2.75, 3.05) is 44.2 Å².